The highest BCUT2D eigenvalue weighted by molar-refractivity contribution is 7.92. The summed E-state index contributed by atoms with van der Waals surface area (Å²) < 4.78 is 65.1. The number of piperazine rings is 1. The third-order valence-electron chi connectivity index (χ3n) is 5.47. The summed E-state index contributed by atoms with van der Waals surface area (Å²) in [4.78, 5) is 28.4. The van der Waals surface area contributed by atoms with E-state index in [1.165, 1.54) is 12.3 Å². The highest BCUT2D eigenvalue weighted by Gasteiger charge is 2.38. The number of alkyl halides is 3. The van der Waals surface area contributed by atoms with Crippen molar-refractivity contribution in [1.82, 2.24) is 15.6 Å². The Morgan fingerprint density at radius 2 is 1.77 bits per heavy atom. The number of carbonyl (C=O) groups is 2. The monoisotopic (exact) mass is 575 g/mol. The number of sulfonamides is 1. The Kier molecular flexibility index (Phi) is 11.5. The van der Waals surface area contributed by atoms with Crippen molar-refractivity contribution in [1.29, 1.82) is 0 Å². The maximum absolute atomic E-state index is 12.9. The van der Waals surface area contributed by atoms with E-state index in [-0.39, 0.29) is 16.5 Å². The summed E-state index contributed by atoms with van der Waals surface area (Å²) in [6.07, 6.45) is -3.64. The molecule has 0 atom stereocenters. The van der Waals surface area contributed by atoms with Crippen molar-refractivity contribution >= 4 is 33.4 Å². The molecule has 1 aromatic carbocycles. The predicted molar refractivity (Wildman–Crippen MR) is 139 cm³/mol. The SMILES string of the molecule is COCCNC(=O)c1cc(NS(=O)(=O)c2ccc(C(C)C)cc2)cnc1N1CCNCC1.O=C(O)C(F)(F)F. The van der Waals surface area contributed by atoms with Gasteiger partial charge in [0.05, 0.1) is 29.0 Å². The van der Waals surface area contributed by atoms with Crippen molar-refractivity contribution in [2.75, 3.05) is 56.1 Å². The number of carboxylic acids is 1. The smallest absolute Gasteiger partial charge is 0.475 e. The van der Waals surface area contributed by atoms with E-state index >= 15 is 0 Å². The predicted octanol–water partition coefficient (Wildman–Crippen LogP) is 2.42. The number of amides is 1. The van der Waals surface area contributed by atoms with Gasteiger partial charge in [-0.3, -0.25) is 9.52 Å². The van der Waals surface area contributed by atoms with Crippen molar-refractivity contribution in [3.63, 3.8) is 0 Å². The van der Waals surface area contributed by atoms with Crippen molar-refractivity contribution in [2.24, 2.45) is 0 Å². The van der Waals surface area contributed by atoms with Gasteiger partial charge >= 0.3 is 12.1 Å². The van der Waals surface area contributed by atoms with Crippen molar-refractivity contribution < 1.29 is 41.0 Å². The Morgan fingerprint density at radius 3 is 2.28 bits per heavy atom. The molecule has 0 spiro atoms. The average molecular weight is 576 g/mol. The largest absolute Gasteiger partial charge is 0.490 e. The van der Waals surface area contributed by atoms with Gasteiger partial charge in [-0.15, -0.1) is 0 Å². The fourth-order valence-corrected chi connectivity index (χ4v) is 4.45. The Balaban J connectivity index is 0.000000673. The summed E-state index contributed by atoms with van der Waals surface area (Å²) in [6.45, 7) is 7.80. The number of carboxylic acid groups (broad SMARTS) is 1. The second-order valence-corrected chi connectivity index (χ2v) is 10.4. The quantitative estimate of drug-likeness (QED) is 0.331. The number of carbonyl (C=O) groups excluding carboxylic acids is 1. The summed E-state index contributed by atoms with van der Waals surface area (Å²) in [7, 11) is -2.26. The van der Waals surface area contributed by atoms with Gasteiger partial charge < -0.3 is 25.4 Å². The van der Waals surface area contributed by atoms with Crippen LogP contribution in [-0.4, -0.2) is 83.0 Å². The van der Waals surface area contributed by atoms with Crippen LogP contribution in [0.4, 0.5) is 24.7 Å². The minimum absolute atomic E-state index is 0.152. The van der Waals surface area contributed by atoms with E-state index in [1.54, 1.807) is 31.4 Å². The molecular formula is C24H32F3N5O6S. The third-order valence-corrected chi connectivity index (χ3v) is 6.87. The van der Waals surface area contributed by atoms with Crippen molar-refractivity contribution in [2.45, 2.75) is 30.8 Å². The van der Waals surface area contributed by atoms with E-state index in [4.69, 9.17) is 14.6 Å². The molecule has 216 valence electrons. The lowest BCUT2D eigenvalue weighted by Crippen LogP contribution is -2.44. The van der Waals surface area contributed by atoms with Gasteiger partial charge in [0.2, 0.25) is 0 Å². The Bertz CT molecular complexity index is 1220. The van der Waals surface area contributed by atoms with E-state index in [0.29, 0.717) is 43.5 Å². The molecular weight excluding hydrogens is 543 g/mol. The maximum Gasteiger partial charge on any atom is 0.490 e. The lowest BCUT2D eigenvalue weighted by Gasteiger charge is -2.30. The first-order chi connectivity index (χ1) is 18.3. The zero-order chi connectivity index (χ0) is 29.2. The first kappa shape index (κ1) is 31.8. The molecule has 0 radical (unpaired) electrons. The molecule has 0 unspecified atom stereocenters. The molecule has 1 amide bonds. The molecule has 1 aliphatic rings. The number of aromatic nitrogens is 1. The third kappa shape index (κ3) is 9.67. The van der Waals surface area contributed by atoms with Crippen LogP contribution >= 0.6 is 0 Å². The van der Waals surface area contributed by atoms with E-state index in [2.05, 4.69) is 20.3 Å². The van der Waals surface area contributed by atoms with Gasteiger partial charge in [0.1, 0.15) is 5.82 Å². The van der Waals surface area contributed by atoms with Gasteiger partial charge in [-0.1, -0.05) is 26.0 Å². The number of rotatable bonds is 9. The molecule has 3 rings (SSSR count). The number of aliphatic carboxylic acids is 1. The number of ether oxygens (including phenoxy) is 1. The van der Waals surface area contributed by atoms with Crippen LogP contribution in [0.5, 0.6) is 0 Å². The molecule has 4 N–H and O–H groups in total. The van der Waals surface area contributed by atoms with Gasteiger partial charge in [-0.2, -0.15) is 13.2 Å². The number of anilines is 2. The number of halogens is 3. The molecule has 2 heterocycles. The molecule has 0 saturated carbocycles. The Labute approximate surface area is 224 Å². The van der Waals surface area contributed by atoms with Gasteiger partial charge in [-0.25, -0.2) is 18.2 Å². The first-order valence-corrected chi connectivity index (χ1v) is 13.4. The van der Waals surface area contributed by atoms with E-state index in [9.17, 15) is 26.4 Å². The summed E-state index contributed by atoms with van der Waals surface area (Å²) in [5.74, 6) is -2.25. The molecule has 1 aromatic heterocycles. The second-order valence-electron chi connectivity index (χ2n) is 8.71. The molecule has 15 heteroatoms. The first-order valence-electron chi connectivity index (χ1n) is 11.9. The Morgan fingerprint density at radius 1 is 1.18 bits per heavy atom. The molecule has 0 aliphatic carbocycles. The molecule has 0 bridgehead atoms. The Hall–Kier alpha value is -3.43. The molecule has 1 aliphatic heterocycles. The van der Waals surface area contributed by atoms with Crippen LogP contribution in [0.15, 0.2) is 41.4 Å². The van der Waals surface area contributed by atoms with Crippen LogP contribution in [0, 0.1) is 0 Å². The lowest BCUT2D eigenvalue weighted by molar-refractivity contribution is -0.192. The topological polar surface area (TPSA) is 150 Å². The fourth-order valence-electron chi connectivity index (χ4n) is 3.42. The van der Waals surface area contributed by atoms with Gasteiger partial charge in [0, 0.05) is 39.8 Å². The minimum Gasteiger partial charge on any atom is -0.475 e. The normalized spacial score (nSPS) is 13.9. The van der Waals surface area contributed by atoms with E-state index in [0.717, 1.165) is 18.7 Å². The van der Waals surface area contributed by atoms with Crippen molar-refractivity contribution in [3.05, 3.63) is 47.7 Å². The molecule has 1 saturated heterocycles. The number of hydrogen-bond acceptors (Lipinski definition) is 8. The highest BCUT2D eigenvalue weighted by Crippen LogP contribution is 2.25. The fraction of sp³-hybridized carbons (Fsp3) is 0.458. The zero-order valence-electron chi connectivity index (χ0n) is 21.7. The number of nitrogens with one attached hydrogen (secondary N) is 3. The standard InChI is InChI=1S/C22H31N5O4S.C2HF3O2/c1-16(2)17-4-6-19(7-5-17)32(29,30)26-18-14-20(22(28)24-10-13-31-3)21(25-15-18)27-11-8-23-9-12-27;3-2(4,5)1(6)7/h4-7,14-16,23,26H,8-13H2,1-3H3,(H,24,28);(H,6,7). The molecule has 11 nitrogen and oxygen atoms in total. The van der Waals surface area contributed by atoms with Gasteiger partial charge in [-0.05, 0) is 29.7 Å². The number of hydrogen-bond donors (Lipinski definition) is 4. The molecule has 2 aromatic rings. The summed E-state index contributed by atoms with van der Waals surface area (Å²) in [6, 6.07) is 8.31. The van der Waals surface area contributed by atoms with E-state index in [1.807, 2.05) is 18.7 Å². The second kappa shape index (κ2) is 14.1. The summed E-state index contributed by atoms with van der Waals surface area (Å²) >= 11 is 0. The van der Waals surface area contributed by atoms with Crippen LogP contribution in [-0.2, 0) is 19.6 Å². The minimum atomic E-state index is -5.08. The van der Waals surface area contributed by atoms with Crippen LogP contribution in [0.1, 0.15) is 35.7 Å². The van der Waals surface area contributed by atoms with Crippen LogP contribution in [0.25, 0.3) is 0 Å². The van der Waals surface area contributed by atoms with Gasteiger partial charge in [0.25, 0.3) is 15.9 Å². The summed E-state index contributed by atoms with van der Waals surface area (Å²) in [5, 5.41) is 13.2. The van der Waals surface area contributed by atoms with Gasteiger partial charge in [0.15, 0.2) is 0 Å². The lowest BCUT2D eigenvalue weighted by atomic mass is 10.0. The van der Waals surface area contributed by atoms with Crippen LogP contribution in [0.2, 0.25) is 0 Å². The maximum atomic E-state index is 12.9. The van der Waals surface area contributed by atoms with Crippen molar-refractivity contribution in [3.8, 4) is 0 Å². The van der Waals surface area contributed by atoms with Crippen LogP contribution < -0.4 is 20.3 Å². The molecule has 39 heavy (non-hydrogen) atoms. The van der Waals surface area contributed by atoms with Crippen LogP contribution in [0.3, 0.4) is 0 Å². The summed E-state index contributed by atoms with van der Waals surface area (Å²) in [5.41, 5.74) is 1.60. The zero-order valence-corrected chi connectivity index (χ0v) is 22.5. The highest BCUT2D eigenvalue weighted by atomic mass is 32.2. The van der Waals surface area contributed by atoms with E-state index < -0.39 is 22.2 Å². The number of nitrogens with zero attached hydrogens (tertiary/aromatic N) is 2. The number of methoxy groups -OCH3 is 1. The average Bonchev–Trinajstić information content (AvgIpc) is 2.89. The number of benzene rings is 1. The molecule has 1 fully saturated rings. The number of pyridine rings is 1.